The van der Waals surface area contributed by atoms with Crippen molar-refractivity contribution < 1.29 is 38.2 Å². The number of hydrogen-bond acceptors (Lipinski definition) is 7. The normalized spacial score (nSPS) is 13.7. The lowest BCUT2D eigenvalue weighted by Gasteiger charge is -2.34. The van der Waals surface area contributed by atoms with E-state index in [1.54, 1.807) is 21.1 Å². The minimum absolute atomic E-state index is 0.0164. The van der Waals surface area contributed by atoms with Crippen LogP contribution in [0.5, 0.6) is 0 Å². The number of carbonyl (C=O) groups is 3. The first-order valence-electron chi connectivity index (χ1n) is 24.2. The number of hydrogen-bond donors (Lipinski definition) is 0. The van der Waals surface area contributed by atoms with E-state index in [0.29, 0.717) is 12.8 Å². The van der Waals surface area contributed by atoms with Crippen molar-refractivity contribution in [1.82, 2.24) is 0 Å². The van der Waals surface area contributed by atoms with Gasteiger partial charge in [-0.3, -0.25) is 9.59 Å². The molecule has 0 aliphatic heterocycles. The number of esters is 2. The third-order valence-corrected chi connectivity index (χ3v) is 10.4. The van der Waals surface area contributed by atoms with Crippen LogP contribution in [0.4, 0.5) is 0 Å². The van der Waals surface area contributed by atoms with Crippen molar-refractivity contribution in [2.24, 2.45) is 0 Å². The van der Waals surface area contributed by atoms with Gasteiger partial charge in [0.1, 0.15) is 12.6 Å². The summed E-state index contributed by atoms with van der Waals surface area (Å²) in [6.07, 6.45) is 56.1. The van der Waals surface area contributed by atoms with Crippen LogP contribution in [0, 0.1) is 0 Å². The summed E-state index contributed by atoms with van der Waals surface area (Å²) in [5.74, 6) is -1.81. The number of ether oxygens (including phenoxy) is 3. The zero-order valence-electron chi connectivity index (χ0n) is 39.5. The Morgan fingerprint density at radius 3 is 1.43 bits per heavy atom. The van der Waals surface area contributed by atoms with E-state index in [9.17, 15) is 19.5 Å². The third-order valence-electron chi connectivity index (χ3n) is 10.4. The minimum atomic E-state index is -1.14. The average Bonchev–Trinajstić information content (AvgIpc) is 3.22. The molecule has 0 amide bonds. The Morgan fingerprint density at radius 1 is 0.508 bits per heavy atom. The van der Waals surface area contributed by atoms with Crippen LogP contribution in [-0.2, 0) is 28.6 Å². The zero-order valence-corrected chi connectivity index (χ0v) is 39.5. The van der Waals surface area contributed by atoms with Crippen molar-refractivity contribution in [3.05, 3.63) is 85.1 Å². The van der Waals surface area contributed by atoms with E-state index in [-0.39, 0.29) is 49.1 Å². The van der Waals surface area contributed by atoms with Crippen molar-refractivity contribution >= 4 is 17.9 Å². The number of carboxylic acid groups (broad SMARTS) is 1. The van der Waals surface area contributed by atoms with Crippen molar-refractivity contribution in [2.75, 3.05) is 41.0 Å². The Kier molecular flexibility index (Phi) is 40.7. The quantitative estimate of drug-likeness (QED) is 0.0198. The predicted octanol–water partition coefficient (Wildman–Crippen LogP) is 12.4. The Morgan fingerprint density at radius 2 is 0.934 bits per heavy atom. The van der Waals surface area contributed by atoms with E-state index in [2.05, 4.69) is 38.2 Å². The fourth-order valence-electron chi connectivity index (χ4n) is 6.69. The van der Waals surface area contributed by atoms with Gasteiger partial charge in [-0.05, 0) is 57.8 Å². The summed E-state index contributed by atoms with van der Waals surface area (Å²) in [4.78, 5) is 37.0. The van der Waals surface area contributed by atoms with Gasteiger partial charge in [-0.2, -0.15) is 0 Å². The van der Waals surface area contributed by atoms with E-state index in [4.69, 9.17) is 14.2 Å². The van der Waals surface area contributed by atoms with Crippen molar-refractivity contribution in [2.45, 2.75) is 193 Å². The number of nitrogens with zero attached hydrogens (tertiary/aromatic N) is 1. The molecule has 0 heterocycles. The molecule has 0 aromatic heterocycles. The number of quaternary nitrogens is 1. The summed E-state index contributed by atoms with van der Waals surface area (Å²) < 4.78 is 17.2. The molecule has 0 bridgehead atoms. The van der Waals surface area contributed by atoms with Crippen LogP contribution in [-0.4, -0.2) is 75.5 Å². The molecule has 0 rings (SSSR count). The number of allylic oxidation sites excluding steroid dienone is 14. The standard InChI is InChI=1S/C53H89NO7/c1-6-8-10-12-14-16-18-20-22-24-25-26-28-29-31-33-35-37-39-41-43-51(55)60-48-49(47-59-46-45-50(53(57)58)54(3,4)5)61-52(56)44-42-40-38-36-34-32-30-27-23-21-19-17-15-13-11-9-7-2/h9,11,13,15,17,19,21,23,25-27,30,32,34,49-50H,6-8,10,12,14,16,18,20,22,24,28-29,31,33,35-48H2,1-5H3/b11-9+,15-13+,19-17+,23-21+,26-25+,30-27+,34-32+. The lowest BCUT2D eigenvalue weighted by molar-refractivity contribution is -0.889. The minimum Gasteiger partial charge on any atom is -0.544 e. The summed E-state index contributed by atoms with van der Waals surface area (Å²) in [7, 11) is 5.38. The maximum atomic E-state index is 12.7. The molecule has 8 heteroatoms. The second-order valence-corrected chi connectivity index (χ2v) is 17.1. The predicted molar refractivity (Wildman–Crippen MR) is 254 cm³/mol. The zero-order chi connectivity index (χ0) is 44.9. The number of aliphatic carboxylic acids is 1. The maximum absolute atomic E-state index is 12.7. The number of carboxylic acids is 1. The second kappa shape index (κ2) is 43.2. The van der Waals surface area contributed by atoms with E-state index >= 15 is 0 Å². The molecule has 0 spiro atoms. The number of likely N-dealkylation sites (N-methyl/N-ethyl adjacent to an activating group) is 1. The monoisotopic (exact) mass is 852 g/mol. The van der Waals surface area contributed by atoms with E-state index in [1.165, 1.54) is 96.3 Å². The molecule has 0 aliphatic carbocycles. The molecule has 0 radical (unpaired) electrons. The van der Waals surface area contributed by atoms with Crippen LogP contribution in [0.25, 0.3) is 0 Å². The highest BCUT2D eigenvalue weighted by molar-refractivity contribution is 5.70. The molecule has 0 fully saturated rings. The van der Waals surface area contributed by atoms with Gasteiger partial charge >= 0.3 is 11.9 Å². The van der Waals surface area contributed by atoms with Gasteiger partial charge in [0.2, 0.25) is 0 Å². The molecule has 0 saturated heterocycles. The number of rotatable bonds is 42. The van der Waals surface area contributed by atoms with Gasteiger partial charge < -0.3 is 28.6 Å². The highest BCUT2D eigenvalue weighted by Crippen LogP contribution is 2.14. The fraction of sp³-hybridized carbons (Fsp3) is 0.679. The van der Waals surface area contributed by atoms with E-state index < -0.39 is 18.1 Å². The van der Waals surface area contributed by atoms with Crippen LogP contribution in [0.1, 0.15) is 181 Å². The Balaban J connectivity index is 4.37. The van der Waals surface area contributed by atoms with Crippen molar-refractivity contribution in [3.63, 3.8) is 0 Å². The molecule has 2 unspecified atom stereocenters. The third kappa shape index (κ3) is 41.6. The summed E-state index contributed by atoms with van der Waals surface area (Å²) in [5, 5.41) is 11.6. The molecular formula is C53H89NO7. The van der Waals surface area contributed by atoms with Crippen LogP contribution in [0.3, 0.4) is 0 Å². The average molecular weight is 852 g/mol. The molecule has 2 atom stereocenters. The highest BCUT2D eigenvalue weighted by Gasteiger charge is 2.25. The molecule has 0 aromatic carbocycles. The second-order valence-electron chi connectivity index (χ2n) is 17.1. The largest absolute Gasteiger partial charge is 0.544 e. The van der Waals surface area contributed by atoms with E-state index in [1.807, 2.05) is 60.8 Å². The van der Waals surface area contributed by atoms with Gasteiger partial charge in [-0.25, -0.2) is 0 Å². The van der Waals surface area contributed by atoms with Gasteiger partial charge in [0, 0.05) is 19.3 Å². The molecular weight excluding hydrogens is 763 g/mol. The van der Waals surface area contributed by atoms with Crippen molar-refractivity contribution in [3.8, 4) is 0 Å². The summed E-state index contributed by atoms with van der Waals surface area (Å²) in [5.41, 5.74) is 0. The van der Waals surface area contributed by atoms with Gasteiger partial charge in [0.15, 0.2) is 6.10 Å². The molecule has 61 heavy (non-hydrogen) atoms. The van der Waals surface area contributed by atoms with Crippen LogP contribution < -0.4 is 5.11 Å². The molecule has 0 aromatic rings. The molecule has 0 aliphatic rings. The topological polar surface area (TPSA) is 102 Å². The smallest absolute Gasteiger partial charge is 0.306 e. The van der Waals surface area contributed by atoms with Gasteiger partial charge in [-0.15, -0.1) is 0 Å². The van der Waals surface area contributed by atoms with Crippen molar-refractivity contribution in [1.29, 1.82) is 0 Å². The Hall–Kier alpha value is -3.49. The first-order valence-corrected chi connectivity index (χ1v) is 24.2. The molecule has 8 nitrogen and oxygen atoms in total. The SMILES string of the molecule is CC/C=C/C=C/C=C/C=C/C=C/C=C/CCCCCC(=O)OC(COCCC(C(=O)[O-])[N+](C)(C)C)COC(=O)CCCCCCCCC/C=C/CCCCCCCCCCC. The van der Waals surface area contributed by atoms with Gasteiger partial charge in [-0.1, -0.05) is 189 Å². The molecule has 0 saturated carbocycles. The fourth-order valence-corrected chi connectivity index (χ4v) is 6.69. The van der Waals surface area contributed by atoms with Crippen LogP contribution in [0.2, 0.25) is 0 Å². The maximum Gasteiger partial charge on any atom is 0.306 e. The number of carbonyl (C=O) groups excluding carboxylic acids is 3. The van der Waals surface area contributed by atoms with E-state index in [0.717, 1.165) is 44.9 Å². The van der Waals surface area contributed by atoms with Crippen LogP contribution in [0.15, 0.2) is 85.1 Å². The Labute approximate surface area is 373 Å². The Bertz CT molecular complexity index is 1270. The van der Waals surface area contributed by atoms with Gasteiger partial charge in [0.25, 0.3) is 0 Å². The highest BCUT2D eigenvalue weighted by atomic mass is 16.6. The first-order chi connectivity index (χ1) is 29.6. The van der Waals surface area contributed by atoms with Gasteiger partial charge in [0.05, 0.1) is 40.3 Å². The lowest BCUT2D eigenvalue weighted by atomic mass is 10.1. The molecule has 348 valence electrons. The summed E-state index contributed by atoms with van der Waals surface area (Å²) in [6, 6.07) is -0.740. The lowest BCUT2D eigenvalue weighted by Crippen LogP contribution is -2.55. The van der Waals surface area contributed by atoms with Crippen LogP contribution >= 0.6 is 0 Å². The molecule has 0 N–H and O–H groups in total. The first kappa shape index (κ1) is 57.5. The number of unbranched alkanes of at least 4 members (excludes halogenated alkanes) is 19. The summed E-state index contributed by atoms with van der Waals surface area (Å²) in [6.45, 7) is 4.46. The summed E-state index contributed by atoms with van der Waals surface area (Å²) >= 11 is 0.